The van der Waals surface area contributed by atoms with Crippen LogP contribution in [0.3, 0.4) is 0 Å². The van der Waals surface area contributed by atoms with Crippen molar-refractivity contribution in [1.82, 2.24) is 5.32 Å². The van der Waals surface area contributed by atoms with Crippen molar-refractivity contribution in [2.75, 3.05) is 18.1 Å². The molecule has 5 nitrogen and oxygen atoms in total. The summed E-state index contributed by atoms with van der Waals surface area (Å²) in [6.07, 6.45) is 0.764. The smallest absolute Gasteiger partial charge is 0.224 e. The van der Waals surface area contributed by atoms with Crippen LogP contribution in [0, 0.1) is 0 Å². The fourth-order valence-electron chi connectivity index (χ4n) is 2.24. The van der Waals surface area contributed by atoms with E-state index in [-0.39, 0.29) is 29.9 Å². The van der Waals surface area contributed by atoms with Crippen LogP contribution in [0.5, 0.6) is 5.75 Å². The zero-order valence-electron chi connectivity index (χ0n) is 11.5. The van der Waals surface area contributed by atoms with Crippen LogP contribution < -0.4 is 10.1 Å². The standard InChI is InChI=1S/C14H19NO4S/c1-2-19-13-5-3-11(4-6-13)9-14(16)15-12-7-8-20(17,18)10-12/h3-6,12H,2,7-10H2,1H3,(H,15,16)/t12-/m1/s1. The maximum Gasteiger partial charge on any atom is 0.224 e. The highest BCUT2D eigenvalue weighted by atomic mass is 32.2. The first kappa shape index (κ1) is 14.8. The Bertz CT molecular complexity index is 565. The number of ether oxygens (including phenoxy) is 1. The van der Waals surface area contributed by atoms with Gasteiger partial charge in [0.15, 0.2) is 9.84 Å². The summed E-state index contributed by atoms with van der Waals surface area (Å²) in [5, 5.41) is 2.77. The van der Waals surface area contributed by atoms with Gasteiger partial charge in [-0.05, 0) is 31.0 Å². The molecule has 1 aromatic rings. The molecular weight excluding hydrogens is 278 g/mol. The monoisotopic (exact) mass is 297 g/mol. The van der Waals surface area contributed by atoms with Gasteiger partial charge in [-0.2, -0.15) is 0 Å². The van der Waals surface area contributed by atoms with Crippen molar-refractivity contribution in [3.8, 4) is 5.75 Å². The average molecular weight is 297 g/mol. The number of amides is 1. The van der Waals surface area contributed by atoms with Crippen LogP contribution in [0.2, 0.25) is 0 Å². The van der Waals surface area contributed by atoms with Crippen LogP contribution >= 0.6 is 0 Å². The Morgan fingerprint density at radius 2 is 2.05 bits per heavy atom. The molecule has 2 rings (SSSR count). The second-order valence-corrected chi connectivity index (χ2v) is 7.15. The lowest BCUT2D eigenvalue weighted by Gasteiger charge is -2.11. The van der Waals surface area contributed by atoms with Gasteiger partial charge in [-0.15, -0.1) is 0 Å². The highest BCUT2D eigenvalue weighted by molar-refractivity contribution is 7.91. The summed E-state index contributed by atoms with van der Waals surface area (Å²) in [7, 11) is -2.96. The Balaban J connectivity index is 1.85. The minimum absolute atomic E-state index is 0.0576. The molecule has 1 aliphatic rings. The van der Waals surface area contributed by atoms with Gasteiger partial charge in [-0.3, -0.25) is 4.79 Å². The number of nitrogens with one attached hydrogen (secondary N) is 1. The van der Waals surface area contributed by atoms with E-state index >= 15 is 0 Å². The second-order valence-electron chi connectivity index (χ2n) is 4.92. The predicted molar refractivity (Wildman–Crippen MR) is 76.5 cm³/mol. The van der Waals surface area contributed by atoms with E-state index in [0.717, 1.165) is 11.3 Å². The van der Waals surface area contributed by atoms with Crippen LogP contribution in [0.15, 0.2) is 24.3 Å². The summed E-state index contributed by atoms with van der Waals surface area (Å²) in [6, 6.07) is 7.10. The Morgan fingerprint density at radius 3 is 2.60 bits per heavy atom. The molecule has 0 unspecified atom stereocenters. The van der Waals surface area contributed by atoms with Crippen molar-refractivity contribution in [1.29, 1.82) is 0 Å². The molecule has 1 aliphatic heterocycles. The van der Waals surface area contributed by atoms with Crippen molar-refractivity contribution in [3.63, 3.8) is 0 Å². The molecular formula is C14H19NO4S. The maximum atomic E-state index is 11.9. The highest BCUT2D eigenvalue weighted by Gasteiger charge is 2.28. The van der Waals surface area contributed by atoms with Gasteiger partial charge < -0.3 is 10.1 Å². The molecule has 6 heteroatoms. The summed E-state index contributed by atoms with van der Waals surface area (Å²) in [5.74, 6) is 0.859. The number of benzene rings is 1. The summed E-state index contributed by atoms with van der Waals surface area (Å²) in [4.78, 5) is 11.9. The summed E-state index contributed by atoms with van der Waals surface area (Å²) < 4.78 is 28.0. The Labute approximate surface area is 119 Å². The highest BCUT2D eigenvalue weighted by Crippen LogP contribution is 2.14. The summed E-state index contributed by atoms with van der Waals surface area (Å²) in [5.41, 5.74) is 0.881. The van der Waals surface area contributed by atoms with E-state index < -0.39 is 9.84 Å². The van der Waals surface area contributed by atoms with Gasteiger partial charge in [0.05, 0.1) is 24.5 Å². The number of hydrogen-bond donors (Lipinski definition) is 1. The van der Waals surface area contributed by atoms with Crippen molar-refractivity contribution < 1.29 is 17.9 Å². The van der Waals surface area contributed by atoms with Gasteiger partial charge in [0.1, 0.15) is 5.75 Å². The van der Waals surface area contributed by atoms with Crippen LogP contribution in [-0.4, -0.2) is 38.5 Å². The minimum Gasteiger partial charge on any atom is -0.494 e. The minimum atomic E-state index is -2.96. The SMILES string of the molecule is CCOc1ccc(CC(=O)N[C@@H]2CCS(=O)(=O)C2)cc1. The first-order valence-corrected chi connectivity index (χ1v) is 8.52. The second kappa shape index (κ2) is 6.26. The quantitative estimate of drug-likeness (QED) is 0.877. The largest absolute Gasteiger partial charge is 0.494 e. The molecule has 20 heavy (non-hydrogen) atoms. The molecule has 1 N–H and O–H groups in total. The lowest BCUT2D eigenvalue weighted by molar-refractivity contribution is -0.121. The van der Waals surface area contributed by atoms with E-state index in [1.807, 2.05) is 31.2 Å². The molecule has 1 saturated heterocycles. The third-order valence-corrected chi connectivity index (χ3v) is 4.96. The fourth-order valence-corrected chi connectivity index (χ4v) is 3.92. The van der Waals surface area contributed by atoms with E-state index in [0.29, 0.717) is 13.0 Å². The molecule has 1 amide bonds. The lowest BCUT2D eigenvalue weighted by Crippen LogP contribution is -2.36. The predicted octanol–water partition coefficient (Wildman–Crippen LogP) is 0.931. The van der Waals surface area contributed by atoms with Gasteiger partial charge >= 0.3 is 0 Å². The molecule has 1 fully saturated rings. The molecule has 0 bridgehead atoms. The van der Waals surface area contributed by atoms with Crippen molar-refractivity contribution in [2.24, 2.45) is 0 Å². The molecule has 1 atom stereocenters. The van der Waals surface area contributed by atoms with Crippen molar-refractivity contribution >= 4 is 15.7 Å². The molecule has 1 heterocycles. The molecule has 0 aromatic heterocycles. The van der Waals surface area contributed by atoms with Gasteiger partial charge in [-0.25, -0.2) is 8.42 Å². The van der Waals surface area contributed by atoms with Crippen LogP contribution in [0.1, 0.15) is 18.9 Å². The van der Waals surface area contributed by atoms with E-state index in [1.165, 1.54) is 0 Å². The fraction of sp³-hybridized carbons (Fsp3) is 0.500. The van der Waals surface area contributed by atoms with Crippen LogP contribution in [0.25, 0.3) is 0 Å². The first-order valence-electron chi connectivity index (χ1n) is 6.70. The van der Waals surface area contributed by atoms with Crippen LogP contribution in [0.4, 0.5) is 0 Å². The molecule has 0 aliphatic carbocycles. The van der Waals surface area contributed by atoms with Gasteiger partial charge in [0.25, 0.3) is 0 Å². The summed E-state index contributed by atoms with van der Waals surface area (Å²) >= 11 is 0. The molecule has 0 saturated carbocycles. The number of rotatable bonds is 5. The molecule has 0 spiro atoms. The van der Waals surface area contributed by atoms with E-state index in [2.05, 4.69) is 5.32 Å². The number of carbonyl (C=O) groups excluding carboxylic acids is 1. The third-order valence-electron chi connectivity index (χ3n) is 3.20. The van der Waals surface area contributed by atoms with Crippen molar-refractivity contribution in [2.45, 2.75) is 25.8 Å². The normalized spacial score (nSPS) is 20.6. The average Bonchev–Trinajstić information content (AvgIpc) is 2.71. The van der Waals surface area contributed by atoms with E-state index in [1.54, 1.807) is 0 Å². The Kier molecular flexibility index (Phi) is 4.65. The third kappa shape index (κ3) is 4.23. The van der Waals surface area contributed by atoms with E-state index in [4.69, 9.17) is 4.74 Å². The molecule has 1 aromatic carbocycles. The molecule has 110 valence electrons. The maximum absolute atomic E-state index is 11.9. The lowest BCUT2D eigenvalue weighted by atomic mass is 10.1. The number of hydrogen-bond acceptors (Lipinski definition) is 4. The van der Waals surface area contributed by atoms with Crippen molar-refractivity contribution in [3.05, 3.63) is 29.8 Å². The van der Waals surface area contributed by atoms with Gasteiger partial charge in [0, 0.05) is 6.04 Å². The topological polar surface area (TPSA) is 72.5 Å². The van der Waals surface area contributed by atoms with E-state index in [9.17, 15) is 13.2 Å². The van der Waals surface area contributed by atoms with Gasteiger partial charge in [0.2, 0.25) is 5.91 Å². The molecule has 0 radical (unpaired) electrons. The Morgan fingerprint density at radius 1 is 1.35 bits per heavy atom. The zero-order chi connectivity index (χ0) is 14.6. The number of sulfone groups is 1. The number of carbonyl (C=O) groups is 1. The van der Waals surface area contributed by atoms with Gasteiger partial charge in [-0.1, -0.05) is 12.1 Å². The first-order chi connectivity index (χ1) is 9.48. The Hall–Kier alpha value is -1.56. The summed E-state index contributed by atoms with van der Waals surface area (Å²) in [6.45, 7) is 2.52. The zero-order valence-corrected chi connectivity index (χ0v) is 12.3. The van der Waals surface area contributed by atoms with Crippen LogP contribution in [-0.2, 0) is 21.1 Å².